The van der Waals surface area contributed by atoms with Crippen LogP contribution in [0.5, 0.6) is 0 Å². The molecule has 1 aromatic rings. The number of hydroxylamine groups is 2. The van der Waals surface area contributed by atoms with Crippen LogP contribution >= 0.6 is 11.7 Å². The van der Waals surface area contributed by atoms with Crippen molar-refractivity contribution in [3.63, 3.8) is 0 Å². The molecule has 0 unspecified atom stereocenters. The molecule has 1 aliphatic rings. The van der Waals surface area contributed by atoms with Crippen molar-refractivity contribution in [3.8, 4) is 0 Å². The average Bonchev–Trinajstić information content (AvgIpc) is 2.83. The zero-order valence-corrected chi connectivity index (χ0v) is 11.6. The molecule has 0 radical (unpaired) electrons. The lowest BCUT2D eigenvalue weighted by Gasteiger charge is -2.35. The Morgan fingerprint density at radius 3 is 2.56 bits per heavy atom. The highest BCUT2D eigenvalue weighted by molar-refractivity contribution is 6.99. The minimum absolute atomic E-state index is 0.283. The number of amides is 1. The van der Waals surface area contributed by atoms with Crippen LogP contribution in [0.25, 0.3) is 0 Å². The molecule has 1 aromatic heterocycles. The second-order valence-electron chi connectivity index (χ2n) is 5.33. The Kier molecular flexibility index (Phi) is 3.00. The van der Waals surface area contributed by atoms with Gasteiger partial charge in [0.05, 0.1) is 29.0 Å². The standard InChI is InChI=1S/C11H16N4O2S/c1-10(2)5-8(11(3,4)15(10)17)13-9(16)7-6-12-18-14-7/h5-6,17H,1-4H3,(H,13,16). The molecule has 18 heavy (non-hydrogen) atoms. The highest BCUT2D eigenvalue weighted by atomic mass is 32.1. The second kappa shape index (κ2) is 4.11. The molecule has 2 rings (SSSR count). The van der Waals surface area contributed by atoms with Crippen molar-refractivity contribution in [1.82, 2.24) is 19.1 Å². The largest absolute Gasteiger partial charge is 0.323 e. The van der Waals surface area contributed by atoms with E-state index in [1.807, 2.05) is 33.8 Å². The van der Waals surface area contributed by atoms with E-state index in [0.717, 1.165) is 11.7 Å². The number of nitrogens with one attached hydrogen (secondary N) is 1. The third-order valence-corrected chi connectivity index (χ3v) is 3.55. The molecule has 6 nitrogen and oxygen atoms in total. The topological polar surface area (TPSA) is 78.4 Å². The van der Waals surface area contributed by atoms with Gasteiger partial charge < -0.3 is 10.5 Å². The maximum absolute atomic E-state index is 11.9. The van der Waals surface area contributed by atoms with Crippen LogP contribution in [-0.2, 0) is 0 Å². The van der Waals surface area contributed by atoms with Gasteiger partial charge in [-0.3, -0.25) is 4.79 Å². The fourth-order valence-electron chi connectivity index (χ4n) is 2.07. The summed E-state index contributed by atoms with van der Waals surface area (Å²) in [6.45, 7) is 7.43. The highest BCUT2D eigenvalue weighted by Gasteiger charge is 2.45. The maximum Gasteiger partial charge on any atom is 0.276 e. The summed E-state index contributed by atoms with van der Waals surface area (Å²) in [6.07, 6.45) is 3.26. The summed E-state index contributed by atoms with van der Waals surface area (Å²) in [6, 6.07) is 0. The smallest absolute Gasteiger partial charge is 0.276 e. The first-order valence-corrected chi connectivity index (χ1v) is 6.29. The number of nitrogens with zero attached hydrogens (tertiary/aromatic N) is 3. The van der Waals surface area contributed by atoms with Crippen LogP contribution in [-0.4, -0.2) is 36.0 Å². The highest BCUT2D eigenvalue weighted by Crippen LogP contribution is 2.36. The Hall–Kier alpha value is -1.31. The summed E-state index contributed by atoms with van der Waals surface area (Å²) in [5.41, 5.74) is -0.228. The molecule has 0 saturated carbocycles. The van der Waals surface area contributed by atoms with Crippen molar-refractivity contribution < 1.29 is 10.0 Å². The molecule has 2 N–H and O–H groups in total. The van der Waals surface area contributed by atoms with Crippen LogP contribution in [0.2, 0.25) is 0 Å². The first kappa shape index (κ1) is 13.1. The van der Waals surface area contributed by atoms with Gasteiger partial charge in [0.1, 0.15) is 0 Å². The zero-order valence-electron chi connectivity index (χ0n) is 10.8. The summed E-state index contributed by atoms with van der Waals surface area (Å²) >= 11 is 0.986. The van der Waals surface area contributed by atoms with Crippen LogP contribution in [0.4, 0.5) is 0 Å². The Morgan fingerprint density at radius 2 is 2.11 bits per heavy atom. The molecular weight excluding hydrogens is 252 g/mol. The van der Waals surface area contributed by atoms with Gasteiger partial charge in [-0.05, 0) is 33.8 Å². The van der Waals surface area contributed by atoms with E-state index in [1.165, 1.54) is 11.3 Å². The lowest BCUT2D eigenvalue weighted by molar-refractivity contribution is -0.185. The normalized spacial score (nSPS) is 21.7. The molecule has 0 aliphatic carbocycles. The van der Waals surface area contributed by atoms with Crippen LogP contribution in [0.1, 0.15) is 38.2 Å². The molecule has 2 heterocycles. The van der Waals surface area contributed by atoms with E-state index in [4.69, 9.17) is 0 Å². The minimum atomic E-state index is -0.650. The summed E-state index contributed by atoms with van der Waals surface area (Å²) in [5, 5.41) is 14.1. The lowest BCUT2D eigenvalue weighted by atomic mass is 10.0. The summed E-state index contributed by atoms with van der Waals surface area (Å²) in [4.78, 5) is 11.9. The first-order chi connectivity index (χ1) is 8.25. The lowest BCUT2D eigenvalue weighted by Crippen LogP contribution is -2.49. The van der Waals surface area contributed by atoms with Gasteiger partial charge in [-0.25, -0.2) is 0 Å². The van der Waals surface area contributed by atoms with Gasteiger partial charge in [-0.1, -0.05) is 0 Å². The van der Waals surface area contributed by atoms with Gasteiger partial charge in [0, 0.05) is 5.70 Å². The Bertz CT molecular complexity index is 493. The van der Waals surface area contributed by atoms with Gasteiger partial charge in [-0.15, -0.1) is 0 Å². The van der Waals surface area contributed by atoms with Gasteiger partial charge in [-0.2, -0.15) is 13.8 Å². The fourth-order valence-corrected chi connectivity index (χ4v) is 2.48. The first-order valence-electron chi connectivity index (χ1n) is 5.56. The molecule has 0 bridgehead atoms. The molecule has 1 aliphatic heterocycles. The van der Waals surface area contributed by atoms with E-state index in [2.05, 4.69) is 14.1 Å². The van der Waals surface area contributed by atoms with Crippen molar-refractivity contribution in [2.45, 2.75) is 38.8 Å². The molecule has 0 atom stereocenters. The molecule has 1 amide bonds. The third kappa shape index (κ3) is 2.05. The monoisotopic (exact) mass is 268 g/mol. The van der Waals surface area contributed by atoms with Gasteiger partial charge in [0.25, 0.3) is 5.91 Å². The Balaban J connectivity index is 2.22. The molecule has 98 valence electrons. The van der Waals surface area contributed by atoms with Gasteiger partial charge >= 0.3 is 0 Å². The van der Waals surface area contributed by atoms with Crippen LogP contribution in [0, 0.1) is 0 Å². The predicted octanol–water partition coefficient (Wildman–Crippen LogP) is 1.41. The van der Waals surface area contributed by atoms with E-state index in [-0.39, 0.29) is 11.6 Å². The number of hydrogen-bond donors (Lipinski definition) is 2. The minimum Gasteiger partial charge on any atom is -0.323 e. The van der Waals surface area contributed by atoms with Gasteiger partial charge in [0.2, 0.25) is 0 Å². The fraction of sp³-hybridized carbons (Fsp3) is 0.545. The maximum atomic E-state index is 11.9. The zero-order chi connectivity index (χ0) is 13.6. The van der Waals surface area contributed by atoms with Crippen LogP contribution in [0.15, 0.2) is 18.0 Å². The quantitative estimate of drug-likeness (QED) is 0.848. The van der Waals surface area contributed by atoms with E-state index in [0.29, 0.717) is 5.70 Å². The number of hydrogen-bond acceptors (Lipinski definition) is 6. The molecule has 0 saturated heterocycles. The molecule has 0 aromatic carbocycles. The summed E-state index contributed by atoms with van der Waals surface area (Å²) < 4.78 is 7.66. The van der Waals surface area contributed by atoms with Crippen LogP contribution in [0.3, 0.4) is 0 Å². The SMILES string of the molecule is CC1(C)C=C(NC(=O)c2cnsn2)C(C)(C)N1O. The average molecular weight is 268 g/mol. The summed E-state index contributed by atoms with van der Waals surface area (Å²) in [7, 11) is 0. The molecular formula is C11H16N4O2S. The third-order valence-electron chi connectivity index (χ3n) is 3.07. The van der Waals surface area contributed by atoms with Crippen molar-refractivity contribution >= 4 is 17.6 Å². The van der Waals surface area contributed by atoms with E-state index in [1.54, 1.807) is 0 Å². The Labute approximate surface area is 110 Å². The van der Waals surface area contributed by atoms with Crippen molar-refractivity contribution in [2.75, 3.05) is 0 Å². The number of carbonyl (C=O) groups is 1. The predicted molar refractivity (Wildman–Crippen MR) is 67.2 cm³/mol. The van der Waals surface area contributed by atoms with Crippen molar-refractivity contribution in [3.05, 3.63) is 23.7 Å². The second-order valence-corrected chi connectivity index (χ2v) is 5.89. The molecule has 0 spiro atoms. The molecule has 7 heteroatoms. The summed E-state index contributed by atoms with van der Waals surface area (Å²) in [5.74, 6) is -0.311. The van der Waals surface area contributed by atoms with Crippen molar-refractivity contribution in [1.29, 1.82) is 0 Å². The number of rotatable bonds is 2. The van der Waals surface area contributed by atoms with E-state index < -0.39 is 11.1 Å². The number of aromatic nitrogens is 2. The van der Waals surface area contributed by atoms with E-state index >= 15 is 0 Å². The van der Waals surface area contributed by atoms with Crippen molar-refractivity contribution in [2.24, 2.45) is 0 Å². The number of carbonyl (C=O) groups excluding carboxylic acids is 1. The Morgan fingerprint density at radius 1 is 1.44 bits per heavy atom. The molecule has 0 fully saturated rings. The van der Waals surface area contributed by atoms with Crippen LogP contribution < -0.4 is 5.32 Å². The van der Waals surface area contributed by atoms with E-state index in [9.17, 15) is 10.0 Å². The van der Waals surface area contributed by atoms with Gasteiger partial charge in [0.15, 0.2) is 5.69 Å².